The first-order chi connectivity index (χ1) is 10.6. The number of hydrogen-bond acceptors (Lipinski definition) is 2. The van der Waals surface area contributed by atoms with Gasteiger partial charge in [-0.25, -0.2) is 4.98 Å². The second-order valence-corrected chi connectivity index (χ2v) is 5.59. The van der Waals surface area contributed by atoms with E-state index >= 15 is 0 Å². The van der Waals surface area contributed by atoms with Gasteiger partial charge >= 0.3 is 0 Å². The number of rotatable bonds is 1. The van der Waals surface area contributed by atoms with Crippen LogP contribution in [0.5, 0.6) is 0 Å². The van der Waals surface area contributed by atoms with Crippen LogP contribution in [-0.4, -0.2) is 14.5 Å². The Morgan fingerprint density at radius 3 is 2.59 bits per heavy atom. The molecule has 0 atom stereocenters. The molecular formula is C17H11ClFN3. The van der Waals surface area contributed by atoms with Crippen molar-refractivity contribution in [3.8, 4) is 11.1 Å². The fourth-order valence-electron chi connectivity index (χ4n) is 2.85. The summed E-state index contributed by atoms with van der Waals surface area (Å²) in [5.41, 5.74) is 3.86. The standard InChI is InChI=1S/C17H11ClFN3/c1-22-15-6-10(11-3-5-16(19)21-7-11)2-4-12(15)13-8-20-9-14(18)17(13)22/h2-9H,1H3. The molecule has 5 heteroatoms. The van der Waals surface area contributed by atoms with E-state index in [0.717, 1.165) is 32.9 Å². The van der Waals surface area contributed by atoms with Crippen LogP contribution in [-0.2, 0) is 7.05 Å². The van der Waals surface area contributed by atoms with E-state index in [1.165, 1.54) is 12.3 Å². The Kier molecular flexibility index (Phi) is 2.87. The van der Waals surface area contributed by atoms with Crippen molar-refractivity contribution in [1.29, 1.82) is 0 Å². The lowest BCUT2D eigenvalue weighted by Gasteiger charge is -2.03. The second-order valence-electron chi connectivity index (χ2n) is 5.18. The number of fused-ring (bicyclic) bond motifs is 3. The maximum atomic E-state index is 13.0. The van der Waals surface area contributed by atoms with Crippen molar-refractivity contribution in [2.75, 3.05) is 0 Å². The Balaban J connectivity index is 2.02. The summed E-state index contributed by atoms with van der Waals surface area (Å²) < 4.78 is 15.0. The maximum Gasteiger partial charge on any atom is 0.212 e. The highest BCUT2D eigenvalue weighted by atomic mass is 35.5. The van der Waals surface area contributed by atoms with Crippen LogP contribution >= 0.6 is 11.6 Å². The van der Waals surface area contributed by atoms with Gasteiger partial charge in [0.15, 0.2) is 0 Å². The molecule has 0 fully saturated rings. The first-order valence-corrected chi connectivity index (χ1v) is 7.16. The van der Waals surface area contributed by atoms with Crippen LogP contribution in [0.1, 0.15) is 0 Å². The summed E-state index contributed by atoms with van der Waals surface area (Å²) in [6.45, 7) is 0. The molecule has 1 aromatic carbocycles. The lowest BCUT2D eigenvalue weighted by atomic mass is 10.1. The molecule has 0 amide bonds. The van der Waals surface area contributed by atoms with Crippen LogP contribution in [0.3, 0.4) is 0 Å². The molecule has 0 aliphatic heterocycles. The van der Waals surface area contributed by atoms with Crippen LogP contribution in [0.25, 0.3) is 32.9 Å². The minimum atomic E-state index is -0.479. The summed E-state index contributed by atoms with van der Waals surface area (Å²) in [5, 5.41) is 2.74. The van der Waals surface area contributed by atoms with Gasteiger partial charge in [-0.1, -0.05) is 23.7 Å². The zero-order valence-electron chi connectivity index (χ0n) is 11.7. The minimum Gasteiger partial charge on any atom is -0.342 e. The maximum absolute atomic E-state index is 13.0. The summed E-state index contributed by atoms with van der Waals surface area (Å²) in [7, 11) is 1.98. The molecule has 0 saturated heterocycles. The highest BCUT2D eigenvalue weighted by Gasteiger charge is 2.12. The molecule has 22 heavy (non-hydrogen) atoms. The van der Waals surface area contributed by atoms with Gasteiger partial charge in [0.25, 0.3) is 0 Å². The average molecular weight is 312 g/mol. The lowest BCUT2D eigenvalue weighted by Crippen LogP contribution is -1.89. The van der Waals surface area contributed by atoms with Gasteiger partial charge in [-0.15, -0.1) is 0 Å². The van der Waals surface area contributed by atoms with Crippen molar-refractivity contribution in [1.82, 2.24) is 14.5 Å². The van der Waals surface area contributed by atoms with Gasteiger partial charge in [-0.2, -0.15) is 4.39 Å². The van der Waals surface area contributed by atoms with E-state index in [0.29, 0.717) is 5.02 Å². The lowest BCUT2D eigenvalue weighted by molar-refractivity contribution is 0.584. The summed E-state index contributed by atoms with van der Waals surface area (Å²) in [6, 6.07) is 9.18. The molecule has 0 unspecified atom stereocenters. The minimum absolute atomic E-state index is 0.479. The smallest absolute Gasteiger partial charge is 0.212 e. The van der Waals surface area contributed by atoms with Crippen molar-refractivity contribution in [3.63, 3.8) is 0 Å². The summed E-state index contributed by atoms with van der Waals surface area (Å²) >= 11 is 6.27. The van der Waals surface area contributed by atoms with Gasteiger partial charge in [-0.3, -0.25) is 4.98 Å². The third-order valence-electron chi connectivity index (χ3n) is 3.92. The molecule has 3 aromatic heterocycles. The molecular weight excluding hydrogens is 301 g/mol. The number of nitrogens with zero attached hydrogens (tertiary/aromatic N) is 3. The van der Waals surface area contributed by atoms with Gasteiger partial charge in [0.1, 0.15) is 0 Å². The summed E-state index contributed by atoms with van der Waals surface area (Å²) in [4.78, 5) is 7.88. The molecule has 0 bridgehead atoms. The van der Waals surface area contributed by atoms with E-state index in [4.69, 9.17) is 11.6 Å². The zero-order chi connectivity index (χ0) is 15.3. The van der Waals surface area contributed by atoms with Crippen molar-refractivity contribution < 1.29 is 4.39 Å². The quantitative estimate of drug-likeness (QED) is 0.482. The van der Waals surface area contributed by atoms with Crippen LogP contribution in [0, 0.1) is 5.95 Å². The Labute approximate surface area is 131 Å². The molecule has 0 aliphatic rings. The number of benzene rings is 1. The highest BCUT2D eigenvalue weighted by Crippen LogP contribution is 2.34. The van der Waals surface area contributed by atoms with E-state index in [9.17, 15) is 4.39 Å². The van der Waals surface area contributed by atoms with E-state index < -0.39 is 5.95 Å². The van der Waals surface area contributed by atoms with Crippen LogP contribution in [0.2, 0.25) is 5.02 Å². The van der Waals surface area contributed by atoms with Crippen molar-refractivity contribution in [2.24, 2.45) is 7.05 Å². The highest BCUT2D eigenvalue weighted by molar-refractivity contribution is 6.36. The molecule has 0 radical (unpaired) electrons. The van der Waals surface area contributed by atoms with E-state index in [1.54, 1.807) is 12.3 Å². The Morgan fingerprint density at radius 2 is 1.82 bits per heavy atom. The first kappa shape index (κ1) is 13.2. The Bertz CT molecular complexity index is 1010. The fraction of sp³-hybridized carbons (Fsp3) is 0.0588. The normalized spacial score (nSPS) is 11.4. The van der Waals surface area contributed by atoms with Gasteiger partial charge in [0.05, 0.1) is 10.5 Å². The monoisotopic (exact) mass is 311 g/mol. The summed E-state index contributed by atoms with van der Waals surface area (Å²) in [6.07, 6.45) is 5.00. The van der Waals surface area contributed by atoms with E-state index in [2.05, 4.69) is 20.6 Å². The van der Waals surface area contributed by atoms with Crippen LogP contribution in [0.15, 0.2) is 48.9 Å². The average Bonchev–Trinajstić information content (AvgIpc) is 2.82. The van der Waals surface area contributed by atoms with Gasteiger partial charge in [0, 0.05) is 47.5 Å². The molecule has 0 aliphatic carbocycles. The Hall–Kier alpha value is -2.46. The third kappa shape index (κ3) is 1.88. The van der Waals surface area contributed by atoms with Crippen LogP contribution in [0.4, 0.5) is 4.39 Å². The van der Waals surface area contributed by atoms with Crippen molar-refractivity contribution in [2.45, 2.75) is 0 Å². The van der Waals surface area contributed by atoms with Crippen molar-refractivity contribution in [3.05, 3.63) is 59.9 Å². The predicted molar refractivity (Wildman–Crippen MR) is 86.4 cm³/mol. The molecule has 0 N–H and O–H groups in total. The molecule has 3 heterocycles. The van der Waals surface area contributed by atoms with Gasteiger partial charge < -0.3 is 4.57 Å². The number of hydrogen-bond donors (Lipinski definition) is 0. The number of aryl methyl sites for hydroxylation is 1. The van der Waals surface area contributed by atoms with E-state index in [-0.39, 0.29) is 0 Å². The molecule has 4 rings (SSSR count). The molecule has 0 saturated carbocycles. The fourth-order valence-corrected chi connectivity index (χ4v) is 3.13. The molecule has 108 valence electrons. The zero-order valence-corrected chi connectivity index (χ0v) is 12.5. The molecule has 0 spiro atoms. The number of aromatic nitrogens is 3. The number of pyridine rings is 2. The predicted octanol–water partition coefficient (Wildman–Crippen LogP) is 4.58. The molecule has 3 nitrogen and oxygen atoms in total. The van der Waals surface area contributed by atoms with Gasteiger partial charge in [-0.05, 0) is 23.8 Å². The van der Waals surface area contributed by atoms with Crippen LogP contribution < -0.4 is 0 Å². The third-order valence-corrected chi connectivity index (χ3v) is 4.19. The molecule has 4 aromatic rings. The largest absolute Gasteiger partial charge is 0.342 e. The topological polar surface area (TPSA) is 30.7 Å². The SMILES string of the molecule is Cn1c2cc(-c3ccc(F)nc3)ccc2c2cncc(Cl)c21. The summed E-state index contributed by atoms with van der Waals surface area (Å²) in [5.74, 6) is -0.479. The van der Waals surface area contributed by atoms with Crippen molar-refractivity contribution >= 4 is 33.4 Å². The first-order valence-electron chi connectivity index (χ1n) is 6.79. The van der Waals surface area contributed by atoms with Gasteiger partial charge in [0.2, 0.25) is 5.95 Å². The Morgan fingerprint density at radius 1 is 1.00 bits per heavy atom. The van der Waals surface area contributed by atoms with E-state index in [1.807, 2.05) is 25.4 Å². The number of halogens is 2. The second kappa shape index (κ2) is 4.78.